The van der Waals surface area contributed by atoms with Crippen LogP contribution in [0.15, 0.2) is 61.1 Å². The predicted molar refractivity (Wildman–Crippen MR) is 160 cm³/mol. The molecular weight excluding hydrogens is 538 g/mol. The molecule has 2 atom stereocenters. The van der Waals surface area contributed by atoms with Crippen molar-refractivity contribution in [2.75, 3.05) is 42.2 Å². The molecule has 210 valence electrons. The van der Waals surface area contributed by atoms with Gasteiger partial charge in [-0.15, -0.1) is 0 Å². The zero-order valence-electron chi connectivity index (χ0n) is 22.9. The zero-order chi connectivity index (χ0) is 28.1. The number of pyridine rings is 2. The maximum absolute atomic E-state index is 12.9. The topological polar surface area (TPSA) is 94.9 Å². The van der Waals surface area contributed by atoms with Crippen LogP contribution in [0.3, 0.4) is 0 Å². The van der Waals surface area contributed by atoms with Gasteiger partial charge in [0, 0.05) is 54.4 Å². The summed E-state index contributed by atoms with van der Waals surface area (Å²) in [6.07, 6.45) is 9.05. The second-order valence-corrected chi connectivity index (χ2v) is 11.9. The minimum Gasteiger partial charge on any atom is -0.379 e. The van der Waals surface area contributed by atoms with Gasteiger partial charge in [-0.2, -0.15) is 0 Å². The van der Waals surface area contributed by atoms with Crippen molar-refractivity contribution in [3.8, 4) is 0 Å². The number of rotatable bonds is 8. The number of aromatic nitrogens is 3. The molecule has 3 aliphatic rings. The van der Waals surface area contributed by atoms with Crippen molar-refractivity contribution < 1.29 is 9.59 Å². The highest BCUT2D eigenvalue weighted by atomic mass is 35.5. The fraction of sp³-hybridized carbons (Fsp3) is 0.355. The highest BCUT2D eigenvalue weighted by Crippen LogP contribution is 2.48. The Balaban J connectivity index is 1.04. The summed E-state index contributed by atoms with van der Waals surface area (Å²) in [4.78, 5) is 39.0. The maximum Gasteiger partial charge on any atom is 0.241 e. The Bertz CT molecular complexity index is 1650. The second kappa shape index (κ2) is 10.5. The lowest BCUT2D eigenvalue weighted by Crippen LogP contribution is -2.49. The SMILES string of the molecule is CN1CCN(c2cc(C3CC3)cn3cc(CNc4ccnc(NC(=O)[C@H]5C[C@@H]5c5cccc(Cl)c5)c4)nc23)C(=O)C1. The van der Waals surface area contributed by atoms with Gasteiger partial charge in [-0.1, -0.05) is 23.7 Å². The second-order valence-electron chi connectivity index (χ2n) is 11.5. The Labute approximate surface area is 243 Å². The molecular formula is C31H32ClN7O2. The van der Waals surface area contributed by atoms with Crippen molar-refractivity contribution in [3.05, 3.63) is 82.9 Å². The number of likely N-dealkylation sites (N-methyl/N-ethyl adjacent to an activating group) is 1. The number of nitrogens with zero attached hydrogens (tertiary/aromatic N) is 5. The maximum atomic E-state index is 12.9. The van der Waals surface area contributed by atoms with E-state index < -0.39 is 0 Å². The molecule has 2 amide bonds. The number of hydrogen-bond acceptors (Lipinski definition) is 6. The van der Waals surface area contributed by atoms with E-state index in [0.29, 0.717) is 36.4 Å². The molecule has 2 saturated carbocycles. The van der Waals surface area contributed by atoms with Crippen LogP contribution in [0.1, 0.15) is 47.9 Å². The lowest BCUT2D eigenvalue weighted by Gasteiger charge is -2.32. The summed E-state index contributed by atoms with van der Waals surface area (Å²) in [5.74, 6) is 1.26. The predicted octanol–water partition coefficient (Wildman–Crippen LogP) is 4.89. The Morgan fingerprint density at radius 1 is 1.10 bits per heavy atom. The Morgan fingerprint density at radius 2 is 1.98 bits per heavy atom. The van der Waals surface area contributed by atoms with Gasteiger partial charge in [0.1, 0.15) is 5.82 Å². The molecule has 1 saturated heterocycles. The van der Waals surface area contributed by atoms with Crippen LogP contribution in [-0.4, -0.2) is 57.8 Å². The van der Waals surface area contributed by atoms with Crippen molar-refractivity contribution in [3.63, 3.8) is 0 Å². The van der Waals surface area contributed by atoms with Crippen LogP contribution in [0.2, 0.25) is 5.02 Å². The van der Waals surface area contributed by atoms with E-state index in [0.717, 1.165) is 41.2 Å². The smallest absolute Gasteiger partial charge is 0.241 e. The number of fused-ring (bicyclic) bond motifs is 1. The largest absolute Gasteiger partial charge is 0.379 e. The molecule has 9 nitrogen and oxygen atoms in total. The van der Waals surface area contributed by atoms with Crippen LogP contribution in [0.25, 0.3) is 5.65 Å². The molecule has 1 aromatic carbocycles. The normalized spacial score (nSPS) is 20.8. The van der Waals surface area contributed by atoms with Gasteiger partial charge in [-0.3, -0.25) is 14.5 Å². The summed E-state index contributed by atoms with van der Waals surface area (Å²) in [7, 11) is 1.98. The number of nitrogens with one attached hydrogen (secondary N) is 2. The molecule has 1 aliphatic heterocycles. The zero-order valence-corrected chi connectivity index (χ0v) is 23.6. The summed E-state index contributed by atoms with van der Waals surface area (Å²) in [5, 5.41) is 7.07. The average Bonchev–Trinajstić information content (AvgIpc) is 3.88. The fourth-order valence-corrected chi connectivity index (χ4v) is 5.93. The van der Waals surface area contributed by atoms with Crippen molar-refractivity contribution in [1.82, 2.24) is 19.3 Å². The number of piperazine rings is 1. The first kappa shape index (κ1) is 26.0. The van der Waals surface area contributed by atoms with Crippen LogP contribution >= 0.6 is 11.6 Å². The molecule has 3 fully saturated rings. The number of hydrogen-bond donors (Lipinski definition) is 2. The lowest BCUT2D eigenvalue weighted by molar-refractivity contribution is -0.121. The van der Waals surface area contributed by atoms with Crippen LogP contribution < -0.4 is 15.5 Å². The van der Waals surface area contributed by atoms with Gasteiger partial charge in [-0.05, 0) is 73.5 Å². The van der Waals surface area contributed by atoms with E-state index in [2.05, 4.69) is 37.2 Å². The first-order chi connectivity index (χ1) is 19.9. The molecule has 3 aromatic heterocycles. The van der Waals surface area contributed by atoms with Gasteiger partial charge in [-0.25, -0.2) is 9.97 Å². The summed E-state index contributed by atoms with van der Waals surface area (Å²) < 4.78 is 2.07. The van der Waals surface area contributed by atoms with E-state index >= 15 is 0 Å². The van der Waals surface area contributed by atoms with Gasteiger partial charge in [0.25, 0.3) is 0 Å². The molecule has 4 heterocycles. The minimum absolute atomic E-state index is 0.0302. The van der Waals surface area contributed by atoms with E-state index in [9.17, 15) is 9.59 Å². The quantitative estimate of drug-likeness (QED) is 0.314. The summed E-state index contributed by atoms with van der Waals surface area (Å²) in [6.45, 7) is 2.40. The Morgan fingerprint density at radius 3 is 2.78 bits per heavy atom. The number of benzene rings is 1. The van der Waals surface area contributed by atoms with Crippen LogP contribution in [0, 0.1) is 5.92 Å². The van der Waals surface area contributed by atoms with E-state index in [1.165, 1.54) is 18.4 Å². The first-order valence-electron chi connectivity index (χ1n) is 14.2. The van der Waals surface area contributed by atoms with E-state index in [1.807, 2.05) is 54.5 Å². The molecule has 7 rings (SSSR count). The van der Waals surface area contributed by atoms with Gasteiger partial charge < -0.3 is 19.9 Å². The third-order valence-electron chi connectivity index (χ3n) is 8.24. The highest BCUT2D eigenvalue weighted by Gasteiger charge is 2.44. The number of carbonyl (C=O) groups is 2. The number of anilines is 3. The van der Waals surface area contributed by atoms with Crippen LogP contribution in [0.5, 0.6) is 0 Å². The molecule has 2 aliphatic carbocycles. The Hall–Kier alpha value is -3.95. The Kier molecular flexibility index (Phi) is 6.63. The number of imidazole rings is 1. The summed E-state index contributed by atoms with van der Waals surface area (Å²) >= 11 is 6.12. The van der Waals surface area contributed by atoms with E-state index in [4.69, 9.17) is 16.6 Å². The first-order valence-corrected chi connectivity index (χ1v) is 14.6. The van der Waals surface area contributed by atoms with Crippen molar-refractivity contribution in [1.29, 1.82) is 0 Å². The van der Waals surface area contributed by atoms with Crippen molar-refractivity contribution >= 4 is 46.3 Å². The van der Waals surface area contributed by atoms with Crippen LogP contribution in [0.4, 0.5) is 17.2 Å². The lowest BCUT2D eigenvalue weighted by atomic mass is 10.1. The van der Waals surface area contributed by atoms with E-state index in [1.54, 1.807) is 6.20 Å². The summed E-state index contributed by atoms with van der Waals surface area (Å²) in [5.41, 5.74) is 5.75. The monoisotopic (exact) mass is 569 g/mol. The van der Waals surface area contributed by atoms with Gasteiger partial charge in [0.2, 0.25) is 11.8 Å². The van der Waals surface area contributed by atoms with Crippen molar-refractivity contribution in [2.45, 2.75) is 37.6 Å². The van der Waals surface area contributed by atoms with Crippen molar-refractivity contribution in [2.24, 2.45) is 5.92 Å². The number of amides is 2. The fourth-order valence-electron chi connectivity index (χ4n) is 5.73. The molecule has 0 unspecified atom stereocenters. The molecule has 0 spiro atoms. The highest BCUT2D eigenvalue weighted by molar-refractivity contribution is 6.30. The number of carbonyl (C=O) groups excluding carboxylic acids is 2. The van der Waals surface area contributed by atoms with Gasteiger partial charge in [0.05, 0.1) is 24.5 Å². The van der Waals surface area contributed by atoms with Gasteiger partial charge in [0.15, 0.2) is 5.65 Å². The molecule has 0 radical (unpaired) electrons. The molecule has 0 bridgehead atoms. The van der Waals surface area contributed by atoms with E-state index in [-0.39, 0.29) is 23.7 Å². The van der Waals surface area contributed by atoms with Gasteiger partial charge >= 0.3 is 0 Å². The third-order valence-corrected chi connectivity index (χ3v) is 8.48. The average molecular weight is 570 g/mol. The molecule has 41 heavy (non-hydrogen) atoms. The molecule has 4 aromatic rings. The van der Waals surface area contributed by atoms with Crippen LogP contribution in [-0.2, 0) is 16.1 Å². The summed E-state index contributed by atoms with van der Waals surface area (Å²) in [6, 6.07) is 13.6. The minimum atomic E-state index is -0.0771. The standard InChI is InChI=1S/C31H32ClN7O2/c1-37-9-10-39(29(40)18-37)27-12-21(19-5-6-19)16-38-17-24(35-30(27)38)15-34-23-7-8-33-28(13-23)36-31(41)26-14-25(26)20-3-2-4-22(32)11-20/h2-4,7-8,11-13,16-17,19,25-26H,5-6,9-10,14-15,18H2,1H3,(H2,33,34,36,41)/t25-,26+/m1/s1. The third kappa shape index (κ3) is 5.52. The molecule has 10 heteroatoms. The number of halogens is 1. The molecule has 2 N–H and O–H groups in total.